The molecule has 0 spiro atoms. The van der Waals surface area contributed by atoms with Gasteiger partial charge in [-0.05, 0) is 19.9 Å². The molecule has 1 N–H and O–H groups in total. The molecule has 17 heavy (non-hydrogen) atoms. The molecular weight excluding hydrogens is 220 g/mol. The molecule has 0 fully saturated rings. The molecule has 4 heteroatoms. The van der Waals surface area contributed by atoms with Crippen LogP contribution in [0.2, 0.25) is 0 Å². The lowest BCUT2D eigenvalue weighted by molar-refractivity contribution is 0.0808. The zero-order valence-corrected chi connectivity index (χ0v) is 9.56. The molecule has 4 nitrogen and oxygen atoms in total. The van der Waals surface area contributed by atoms with Crippen LogP contribution < -0.4 is 0 Å². The zero-order valence-electron chi connectivity index (χ0n) is 9.56. The average molecular weight is 232 g/mol. The van der Waals surface area contributed by atoms with Gasteiger partial charge in [-0.2, -0.15) is 0 Å². The number of benzene rings is 1. The molecular formula is C13H12O4. The Morgan fingerprint density at radius 1 is 1.24 bits per heavy atom. The number of allylic oxidation sites excluding steroid dienone is 2. The Balaban J connectivity index is 2.51. The van der Waals surface area contributed by atoms with Gasteiger partial charge in [0.05, 0.1) is 11.7 Å². The van der Waals surface area contributed by atoms with Crippen LogP contribution in [0.5, 0.6) is 5.75 Å². The molecule has 1 aromatic rings. The predicted molar refractivity (Wildman–Crippen MR) is 61.1 cm³/mol. The van der Waals surface area contributed by atoms with Gasteiger partial charge in [-0.15, -0.1) is 0 Å². The summed E-state index contributed by atoms with van der Waals surface area (Å²) in [6.45, 7) is 3.53. The second-order valence-corrected chi connectivity index (χ2v) is 4.07. The first-order chi connectivity index (χ1) is 8.00. The van der Waals surface area contributed by atoms with Gasteiger partial charge in [0.1, 0.15) is 5.75 Å². The molecule has 0 amide bonds. The summed E-state index contributed by atoms with van der Waals surface area (Å²) in [6.07, 6.45) is 0.967. The van der Waals surface area contributed by atoms with E-state index in [0.717, 1.165) is 0 Å². The molecule has 0 saturated heterocycles. The molecule has 0 aliphatic heterocycles. The van der Waals surface area contributed by atoms with Crippen LogP contribution in [0.25, 0.3) is 0 Å². The number of ketones is 2. The van der Waals surface area contributed by atoms with Crippen LogP contribution in [-0.2, 0) is 4.74 Å². The van der Waals surface area contributed by atoms with E-state index in [1.54, 1.807) is 13.8 Å². The Labute approximate surface area is 98.5 Å². The summed E-state index contributed by atoms with van der Waals surface area (Å²) in [4.78, 5) is 23.8. The van der Waals surface area contributed by atoms with E-state index in [1.807, 2.05) is 0 Å². The van der Waals surface area contributed by atoms with E-state index < -0.39 is 5.78 Å². The topological polar surface area (TPSA) is 63.6 Å². The largest absolute Gasteiger partial charge is 0.507 e. The number of Topliss-reactive ketones (excluding diaryl/α,β-unsaturated/α-hetero) is 1. The Kier molecular flexibility index (Phi) is 2.71. The minimum atomic E-state index is -0.452. The van der Waals surface area contributed by atoms with Crippen molar-refractivity contribution in [3.8, 4) is 5.75 Å². The molecule has 88 valence electrons. The van der Waals surface area contributed by atoms with Gasteiger partial charge in [0.25, 0.3) is 0 Å². The fourth-order valence-corrected chi connectivity index (χ4v) is 1.71. The summed E-state index contributed by atoms with van der Waals surface area (Å²) in [5.74, 6) is -0.990. The lowest BCUT2D eigenvalue weighted by Crippen LogP contribution is -2.20. The zero-order chi connectivity index (χ0) is 12.6. The third-order valence-corrected chi connectivity index (χ3v) is 2.38. The Morgan fingerprint density at radius 2 is 1.94 bits per heavy atom. The van der Waals surface area contributed by atoms with E-state index in [4.69, 9.17) is 4.74 Å². The number of carbonyl (C=O) groups excluding carboxylic acids is 2. The second kappa shape index (κ2) is 4.05. The van der Waals surface area contributed by atoms with E-state index in [0.29, 0.717) is 0 Å². The van der Waals surface area contributed by atoms with Crippen molar-refractivity contribution in [3.63, 3.8) is 0 Å². The highest BCUT2D eigenvalue weighted by atomic mass is 16.5. The highest BCUT2D eigenvalue weighted by molar-refractivity contribution is 6.24. The van der Waals surface area contributed by atoms with Crippen molar-refractivity contribution >= 4 is 11.6 Å². The SMILES string of the molecule is CC(C)OC1=CC(=O)c2cccc(O)c2C1=O. The van der Waals surface area contributed by atoms with Crippen molar-refractivity contribution in [1.29, 1.82) is 0 Å². The maximum absolute atomic E-state index is 12.0. The molecule has 0 unspecified atom stereocenters. The number of fused-ring (bicyclic) bond motifs is 1. The van der Waals surface area contributed by atoms with Crippen LogP contribution >= 0.6 is 0 Å². The van der Waals surface area contributed by atoms with E-state index in [9.17, 15) is 14.7 Å². The molecule has 0 atom stereocenters. The first kappa shape index (κ1) is 11.4. The predicted octanol–water partition coefficient (Wildman–Crippen LogP) is 2.08. The third-order valence-electron chi connectivity index (χ3n) is 2.38. The number of aromatic hydroxyl groups is 1. The summed E-state index contributed by atoms with van der Waals surface area (Å²) in [6, 6.07) is 4.42. The fourth-order valence-electron chi connectivity index (χ4n) is 1.71. The molecule has 1 aliphatic rings. The molecule has 0 aromatic heterocycles. The molecule has 1 aromatic carbocycles. The summed E-state index contributed by atoms with van der Waals surface area (Å²) >= 11 is 0. The van der Waals surface area contributed by atoms with Gasteiger partial charge >= 0.3 is 0 Å². The standard InChI is InChI=1S/C13H12O4/c1-7(2)17-11-6-10(15)8-4-3-5-9(14)12(8)13(11)16/h3-7,14H,1-2H3. The maximum atomic E-state index is 12.0. The number of phenols is 1. The van der Waals surface area contributed by atoms with E-state index in [-0.39, 0.29) is 34.5 Å². The van der Waals surface area contributed by atoms with Gasteiger partial charge in [-0.1, -0.05) is 12.1 Å². The minimum absolute atomic E-state index is 0.0148. The van der Waals surface area contributed by atoms with Gasteiger partial charge in [0, 0.05) is 11.6 Å². The maximum Gasteiger partial charge on any atom is 0.232 e. The van der Waals surface area contributed by atoms with Crippen molar-refractivity contribution in [2.45, 2.75) is 20.0 Å². The first-order valence-electron chi connectivity index (χ1n) is 5.30. The van der Waals surface area contributed by atoms with Gasteiger partial charge in [-0.25, -0.2) is 0 Å². The smallest absolute Gasteiger partial charge is 0.232 e. The van der Waals surface area contributed by atoms with Gasteiger partial charge in [0.15, 0.2) is 11.5 Å². The number of rotatable bonds is 2. The molecule has 0 bridgehead atoms. The Hall–Kier alpha value is -2.10. The van der Waals surface area contributed by atoms with Crippen LogP contribution in [-0.4, -0.2) is 22.8 Å². The van der Waals surface area contributed by atoms with Gasteiger partial charge in [0.2, 0.25) is 5.78 Å². The van der Waals surface area contributed by atoms with Crippen molar-refractivity contribution < 1.29 is 19.4 Å². The van der Waals surface area contributed by atoms with Crippen LogP contribution in [0.4, 0.5) is 0 Å². The molecule has 1 aliphatic carbocycles. The lowest BCUT2D eigenvalue weighted by atomic mass is 9.93. The fraction of sp³-hybridized carbons (Fsp3) is 0.231. The normalized spacial score (nSPS) is 14.6. The van der Waals surface area contributed by atoms with Crippen LogP contribution in [0.1, 0.15) is 34.6 Å². The van der Waals surface area contributed by atoms with Crippen LogP contribution in [0, 0.1) is 0 Å². The second-order valence-electron chi connectivity index (χ2n) is 4.07. The van der Waals surface area contributed by atoms with E-state index >= 15 is 0 Å². The number of hydrogen-bond donors (Lipinski definition) is 1. The Bertz CT molecular complexity index is 526. The first-order valence-corrected chi connectivity index (χ1v) is 5.30. The van der Waals surface area contributed by atoms with Crippen molar-refractivity contribution in [2.24, 2.45) is 0 Å². The molecule has 0 saturated carbocycles. The molecule has 0 radical (unpaired) electrons. The molecule has 2 rings (SSSR count). The lowest BCUT2D eigenvalue weighted by Gasteiger charge is -2.18. The van der Waals surface area contributed by atoms with Crippen molar-refractivity contribution in [3.05, 3.63) is 41.2 Å². The van der Waals surface area contributed by atoms with Crippen molar-refractivity contribution in [1.82, 2.24) is 0 Å². The quantitative estimate of drug-likeness (QED) is 0.847. The highest BCUT2D eigenvalue weighted by Crippen LogP contribution is 2.29. The average Bonchev–Trinajstić information content (AvgIpc) is 2.24. The number of hydrogen-bond acceptors (Lipinski definition) is 4. The van der Waals surface area contributed by atoms with Crippen LogP contribution in [0.3, 0.4) is 0 Å². The summed E-state index contributed by atoms with van der Waals surface area (Å²) < 4.78 is 5.27. The number of phenolic OH excluding ortho intramolecular Hbond substituents is 1. The number of carbonyl (C=O) groups is 2. The van der Waals surface area contributed by atoms with Gasteiger partial charge < -0.3 is 9.84 Å². The Morgan fingerprint density at radius 3 is 2.59 bits per heavy atom. The monoisotopic (exact) mass is 232 g/mol. The van der Waals surface area contributed by atoms with Crippen LogP contribution in [0.15, 0.2) is 30.0 Å². The highest BCUT2D eigenvalue weighted by Gasteiger charge is 2.29. The van der Waals surface area contributed by atoms with Gasteiger partial charge in [-0.3, -0.25) is 9.59 Å². The number of ether oxygens (including phenoxy) is 1. The summed E-state index contributed by atoms with van der Waals surface area (Å²) in [5, 5.41) is 9.64. The summed E-state index contributed by atoms with van der Waals surface area (Å²) in [5.41, 5.74) is 0.238. The van der Waals surface area contributed by atoms with Crippen molar-refractivity contribution in [2.75, 3.05) is 0 Å². The third kappa shape index (κ3) is 1.93. The minimum Gasteiger partial charge on any atom is -0.507 e. The van der Waals surface area contributed by atoms with E-state index in [1.165, 1.54) is 24.3 Å². The summed E-state index contributed by atoms with van der Waals surface area (Å²) in [7, 11) is 0. The molecule has 0 heterocycles. The van der Waals surface area contributed by atoms with E-state index in [2.05, 4.69) is 0 Å².